The highest BCUT2D eigenvalue weighted by Crippen LogP contribution is 2.30. The number of amides is 1. The van der Waals surface area contributed by atoms with Crippen LogP contribution in [0, 0.1) is 5.92 Å². The molecule has 8 nitrogen and oxygen atoms in total. The molecule has 1 aromatic carbocycles. The summed E-state index contributed by atoms with van der Waals surface area (Å²) in [5.74, 6) is 0.0698. The van der Waals surface area contributed by atoms with E-state index in [2.05, 4.69) is 20.5 Å². The second-order valence-corrected chi connectivity index (χ2v) is 10.0. The molecule has 152 valence electrons. The summed E-state index contributed by atoms with van der Waals surface area (Å²) >= 11 is 13.4. The van der Waals surface area contributed by atoms with E-state index in [0.29, 0.717) is 41.9 Å². The van der Waals surface area contributed by atoms with Gasteiger partial charge in [0.2, 0.25) is 15.9 Å². The van der Waals surface area contributed by atoms with Crippen LogP contribution in [0.4, 0.5) is 0 Å². The maximum Gasteiger partial charge on any atom is 0.244 e. The van der Waals surface area contributed by atoms with Crippen LogP contribution >= 0.6 is 35.0 Å². The van der Waals surface area contributed by atoms with Crippen molar-refractivity contribution in [3.8, 4) is 0 Å². The molecule has 3 rings (SSSR count). The van der Waals surface area contributed by atoms with Gasteiger partial charge in [-0.1, -0.05) is 35.0 Å². The van der Waals surface area contributed by atoms with E-state index in [1.165, 1.54) is 40.6 Å². The van der Waals surface area contributed by atoms with Gasteiger partial charge in [0.25, 0.3) is 0 Å². The topological polar surface area (TPSA) is 108 Å². The Balaban J connectivity index is 1.58. The van der Waals surface area contributed by atoms with E-state index in [1.54, 1.807) is 0 Å². The van der Waals surface area contributed by atoms with Gasteiger partial charge < -0.3 is 5.32 Å². The zero-order valence-corrected chi connectivity index (χ0v) is 17.9. The predicted molar refractivity (Wildman–Crippen MR) is 108 cm³/mol. The zero-order valence-electron chi connectivity index (χ0n) is 14.8. The Bertz CT molecular complexity index is 924. The Morgan fingerprint density at radius 3 is 2.96 bits per heavy atom. The molecule has 1 atom stereocenters. The van der Waals surface area contributed by atoms with Crippen molar-refractivity contribution in [2.75, 3.05) is 25.4 Å². The highest BCUT2D eigenvalue weighted by Gasteiger charge is 2.34. The quantitative estimate of drug-likeness (QED) is 0.482. The molecule has 1 amide bonds. The van der Waals surface area contributed by atoms with E-state index in [9.17, 15) is 13.2 Å². The Morgan fingerprint density at radius 2 is 2.21 bits per heavy atom. The number of sulfonamides is 1. The van der Waals surface area contributed by atoms with E-state index >= 15 is 0 Å². The maximum atomic E-state index is 13.0. The van der Waals surface area contributed by atoms with E-state index < -0.39 is 15.9 Å². The SMILES string of the molecule is O=C(NCCSc1ncn[nH]1)C1CCCN(S(=O)(=O)c2cc(Cl)ccc2Cl)C1. The molecule has 0 radical (unpaired) electrons. The van der Waals surface area contributed by atoms with Gasteiger partial charge in [-0.2, -0.15) is 9.40 Å². The molecule has 1 fully saturated rings. The minimum atomic E-state index is -3.82. The van der Waals surface area contributed by atoms with Crippen molar-refractivity contribution in [2.45, 2.75) is 22.9 Å². The van der Waals surface area contributed by atoms with Crippen LogP contribution in [0.3, 0.4) is 0 Å². The number of nitrogens with zero attached hydrogens (tertiary/aromatic N) is 3. The fourth-order valence-corrected chi connectivity index (χ4v) is 5.82. The van der Waals surface area contributed by atoms with E-state index in [-0.39, 0.29) is 22.4 Å². The van der Waals surface area contributed by atoms with Crippen molar-refractivity contribution in [3.05, 3.63) is 34.6 Å². The molecule has 2 heterocycles. The third-order valence-electron chi connectivity index (χ3n) is 4.30. The normalized spacial score (nSPS) is 18.1. The fourth-order valence-electron chi connectivity index (χ4n) is 2.92. The second-order valence-electron chi connectivity index (χ2n) is 6.21. The summed E-state index contributed by atoms with van der Waals surface area (Å²) in [6, 6.07) is 4.33. The number of aromatic nitrogens is 3. The number of halogens is 2. The number of H-pyrrole nitrogens is 1. The number of benzene rings is 1. The van der Waals surface area contributed by atoms with Crippen LogP contribution in [0.25, 0.3) is 0 Å². The van der Waals surface area contributed by atoms with Crippen molar-refractivity contribution < 1.29 is 13.2 Å². The molecular weight excluding hydrogens is 445 g/mol. The van der Waals surface area contributed by atoms with Gasteiger partial charge in [0.1, 0.15) is 11.2 Å². The van der Waals surface area contributed by atoms with Crippen LogP contribution in [-0.4, -0.2) is 59.2 Å². The minimum absolute atomic E-state index is 0.0359. The molecule has 28 heavy (non-hydrogen) atoms. The third kappa shape index (κ3) is 5.18. The second kappa shape index (κ2) is 9.45. The Hall–Kier alpha value is -1.33. The molecule has 12 heteroatoms. The Morgan fingerprint density at radius 1 is 1.39 bits per heavy atom. The molecule has 1 aliphatic heterocycles. The summed E-state index contributed by atoms with van der Waals surface area (Å²) in [6.07, 6.45) is 2.66. The largest absolute Gasteiger partial charge is 0.355 e. The minimum Gasteiger partial charge on any atom is -0.355 e. The first-order valence-electron chi connectivity index (χ1n) is 8.59. The zero-order chi connectivity index (χ0) is 20.1. The molecule has 0 saturated carbocycles. The molecule has 0 aliphatic carbocycles. The van der Waals surface area contributed by atoms with Crippen molar-refractivity contribution in [1.82, 2.24) is 24.8 Å². The third-order valence-corrected chi connectivity index (χ3v) is 7.76. The van der Waals surface area contributed by atoms with Crippen LogP contribution in [-0.2, 0) is 14.8 Å². The molecule has 0 bridgehead atoms. The van der Waals surface area contributed by atoms with Crippen LogP contribution in [0.1, 0.15) is 12.8 Å². The highest BCUT2D eigenvalue weighted by atomic mass is 35.5. The first kappa shape index (κ1) is 21.4. The van der Waals surface area contributed by atoms with Gasteiger partial charge in [-0.25, -0.2) is 13.4 Å². The van der Waals surface area contributed by atoms with Gasteiger partial charge in [0, 0.05) is 30.4 Å². The lowest BCUT2D eigenvalue weighted by molar-refractivity contribution is -0.125. The summed E-state index contributed by atoms with van der Waals surface area (Å²) in [5.41, 5.74) is 0. The summed E-state index contributed by atoms with van der Waals surface area (Å²) < 4.78 is 27.2. The predicted octanol–water partition coefficient (Wildman–Crippen LogP) is 2.42. The van der Waals surface area contributed by atoms with Crippen LogP contribution in [0.2, 0.25) is 10.0 Å². The lowest BCUT2D eigenvalue weighted by Crippen LogP contribution is -2.45. The number of thioether (sulfide) groups is 1. The van der Waals surface area contributed by atoms with Gasteiger partial charge in [0.05, 0.1) is 10.9 Å². The van der Waals surface area contributed by atoms with E-state index in [4.69, 9.17) is 23.2 Å². The van der Waals surface area contributed by atoms with E-state index in [0.717, 1.165) is 0 Å². The molecule has 2 N–H and O–H groups in total. The number of hydrogen-bond acceptors (Lipinski definition) is 6. The number of nitrogens with one attached hydrogen (secondary N) is 2. The van der Waals surface area contributed by atoms with Gasteiger partial charge in [-0.3, -0.25) is 9.89 Å². The number of hydrogen-bond donors (Lipinski definition) is 2. The highest BCUT2D eigenvalue weighted by molar-refractivity contribution is 7.99. The van der Waals surface area contributed by atoms with Gasteiger partial charge in [0.15, 0.2) is 5.16 Å². The lowest BCUT2D eigenvalue weighted by atomic mass is 9.99. The first-order valence-corrected chi connectivity index (χ1v) is 11.8. The van der Waals surface area contributed by atoms with Crippen LogP contribution < -0.4 is 5.32 Å². The standard InChI is InChI=1S/C16H19Cl2N5O3S2/c17-12-3-4-13(18)14(8-12)28(25,26)23-6-1-2-11(9-23)15(24)19-5-7-27-16-20-10-21-22-16/h3-4,8,10-11H,1-2,5-7,9H2,(H,19,24)(H,20,21,22). The number of piperidine rings is 1. The summed E-state index contributed by atoms with van der Waals surface area (Å²) in [4.78, 5) is 16.4. The number of carbonyl (C=O) groups is 1. The average Bonchev–Trinajstić information content (AvgIpc) is 3.20. The van der Waals surface area contributed by atoms with Crippen LogP contribution in [0.15, 0.2) is 34.6 Å². The number of carbonyl (C=O) groups excluding carboxylic acids is 1. The summed E-state index contributed by atoms with van der Waals surface area (Å²) in [7, 11) is -3.82. The van der Waals surface area contributed by atoms with E-state index in [1.807, 2.05) is 0 Å². The summed E-state index contributed by atoms with van der Waals surface area (Å²) in [5, 5.41) is 10.4. The van der Waals surface area contributed by atoms with Crippen LogP contribution in [0.5, 0.6) is 0 Å². The van der Waals surface area contributed by atoms with Crippen molar-refractivity contribution in [2.24, 2.45) is 5.92 Å². The van der Waals surface area contributed by atoms with Crippen molar-refractivity contribution in [1.29, 1.82) is 0 Å². The Labute approximate surface area is 177 Å². The summed E-state index contributed by atoms with van der Waals surface area (Å²) in [6.45, 7) is 0.913. The van der Waals surface area contributed by atoms with Gasteiger partial charge >= 0.3 is 0 Å². The molecule has 2 aromatic rings. The molecule has 1 aliphatic rings. The molecule has 1 saturated heterocycles. The average molecular weight is 464 g/mol. The van der Waals surface area contributed by atoms with Gasteiger partial charge in [-0.05, 0) is 31.0 Å². The fraction of sp³-hybridized carbons (Fsp3) is 0.438. The molecule has 0 spiro atoms. The lowest BCUT2D eigenvalue weighted by Gasteiger charge is -2.31. The maximum absolute atomic E-state index is 13.0. The number of aromatic amines is 1. The smallest absolute Gasteiger partial charge is 0.244 e. The van der Waals surface area contributed by atoms with Crippen molar-refractivity contribution >= 4 is 50.9 Å². The monoisotopic (exact) mass is 463 g/mol. The Kier molecular flexibility index (Phi) is 7.21. The molecular formula is C16H19Cl2N5O3S2. The number of rotatable bonds is 7. The van der Waals surface area contributed by atoms with Crippen molar-refractivity contribution in [3.63, 3.8) is 0 Å². The molecule has 1 unspecified atom stereocenters. The molecule has 1 aromatic heterocycles. The first-order chi connectivity index (χ1) is 13.4. The van der Waals surface area contributed by atoms with Gasteiger partial charge in [-0.15, -0.1) is 0 Å².